The minimum Gasteiger partial charge on any atom is -0.288 e. The van der Waals surface area contributed by atoms with Crippen molar-refractivity contribution in [2.75, 3.05) is 0 Å². The molecule has 0 saturated carbocycles. The molecule has 0 amide bonds. The van der Waals surface area contributed by atoms with Crippen LogP contribution in [0.2, 0.25) is 0 Å². The lowest BCUT2D eigenvalue weighted by Gasteiger charge is -2.07. The monoisotopic (exact) mass is 424 g/mol. The van der Waals surface area contributed by atoms with Crippen LogP contribution >= 0.6 is 0 Å². The summed E-state index contributed by atoms with van der Waals surface area (Å²) in [4.78, 5) is 21.4. The molecule has 4 aromatic heterocycles. The van der Waals surface area contributed by atoms with E-state index in [0.29, 0.717) is 17.9 Å². The van der Waals surface area contributed by atoms with Gasteiger partial charge in [-0.2, -0.15) is 15.3 Å². The molecule has 0 fully saturated rings. The third-order valence-electron chi connectivity index (χ3n) is 5.08. The summed E-state index contributed by atoms with van der Waals surface area (Å²) in [6, 6.07) is 9.37. The Labute approximate surface area is 183 Å². The van der Waals surface area contributed by atoms with Crippen LogP contribution in [0.3, 0.4) is 0 Å². The normalized spacial score (nSPS) is 11.1. The van der Waals surface area contributed by atoms with E-state index in [-0.39, 0.29) is 5.43 Å². The van der Waals surface area contributed by atoms with E-state index in [1.807, 2.05) is 50.8 Å². The second kappa shape index (κ2) is 8.03. The molecule has 0 spiro atoms. The SMILES string of the molecule is Cn1cc(-c2cnc(-c3cccc(Cc4nn(-c5cnn(C)c5)ccc4=O)c3)nc2)cn1. The van der Waals surface area contributed by atoms with Crippen molar-refractivity contribution >= 4 is 0 Å². The zero-order chi connectivity index (χ0) is 22.1. The maximum absolute atomic E-state index is 12.4. The van der Waals surface area contributed by atoms with E-state index in [1.165, 1.54) is 6.07 Å². The Balaban J connectivity index is 1.41. The summed E-state index contributed by atoms with van der Waals surface area (Å²) in [5.74, 6) is 0.619. The van der Waals surface area contributed by atoms with Gasteiger partial charge in [-0.3, -0.25) is 14.2 Å². The number of rotatable bonds is 5. The van der Waals surface area contributed by atoms with Crippen molar-refractivity contribution in [3.05, 3.63) is 95.2 Å². The van der Waals surface area contributed by atoms with Gasteiger partial charge in [0.15, 0.2) is 5.82 Å². The van der Waals surface area contributed by atoms with Gasteiger partial charge in [-0.15, -0.1) is 0 Å². The average molecular weight is 424 g/mol. The van der Waals surface area contributed by atoms with Crippen LogP contribution in [0.25, 0.3) is 28.2 Å². The summed E-state index contributed by atoms with van der Waals surface area (Å²) >= 11 is 0. The first-order valence-corrected chi connectivity index (χ1v) is 10.0. The van der Waals surface area contributed by atoms with Crippen molar-refractivity contribution in [3.63, 3.8) is 0 Å². The number of hydrogen-bond donors (Lipinski definition) is 0. The highest BCUT2D eigenvalue weighted by Gasteiger charge is 2.09. The summed E-state index contributed by atoms with van der Waals surface area (Å²) < 4.78 is 5.10. The Hall–Kier alpha value is -4.40. The summed E-state index contributed by atoms with van der Waals surface area (Å²) in [6.07, 6.45) is 12.9. The molecule has 9 nitrogen and oxygen atoms in total. The van der Waals surface area contributed by atoms with Crippen LogP contribution in [0.5, 0.6) is 0 Å². The first-order chi connectivity index (χ1) is 15.5. The molecule has 0 aliphatic carbocycles. The Kier molecular flexibility index (Phi) is 4.91. The number of hydrogen-bond acceptors (Lipinski definition) is 6. The number of benzene rings is 1. The van der Waals surface area contributed by atoms with Crippen molar-refractivity contribution in [2.24, 2.45) is 14.1 Å². The highest BCUT2D eigenvalue weighted by atomic mass is 16.1. The third-order valence-corrected chi connectivity index (χ3v) is 5.08. The lowest BCUT2D eigenvalue weighted by molar-refractivity contribution is 0.762. The number of aromatic nitrogens is 8. The molecule has 0 aliphatic rings. The Morgan fingerprint density at radius 1 is 0.844 bits per heavy atom. The molecule has 0 radical (unpaired) electrons. The predicted molar refractivity (Wildman–Crippen MR) is 119 cm³/mol. The van der Waals surface area contributed by atoms with Gasteiger partial charge in [0, 0.05) is 68.1 Å². The minimum absolute atomic E-state index is 0.104. The van der Waals surface area contributed by atoms with Gasteiger partial charge < -0.3 is 0 Å². The fourth-order valence-electron chi connectivity index (χ4n) is 3.45. The predicted octanol–water partition coefficient (Wildman–Crippen LogP) is 2.41. The van der Waals surface area contributed by atoms with Gasteiger partial charge >= 0.3 is 0 Å². The van der Waals surface area contributed by atoms with Gasteiger partial charge in [0.05, 0.1) is 18.6 Å². The van der Waals surface area contributed by atoms with E-state index >= 15 is 0 Å². The fraction of sp³-hybridized carbons (Fsp3) is 0.130. The second-order valence-corrected chi connectivity index (χ2v) is 7.52. The van der Waals surface area contributed by atoms with Crippen LogP contribution in [-0.4, -0.2) is 39.3 Å². The van der Waals surface area contributed by atoms with E-state index < -0.39 is 0 Å². The zero-order valence-corrected chi connectivity index (χ0v) is 17.6. The lowest BCUT2D eigenvalue weighted by atomic mass is 10.1. The largest absolute Gasteiger partial charge is 0.288 e. The molecule has 0 atom stereocenters. The molecular formula is C23H20N8O. The molecule has 0 unspecified atom stereocenters. The first-order valence-electron chi connectivity index (χ1n) is 10.0. The topological polar surface area (TPSA) is 96.3 Å². The van der Waals surface area contributed by atoms with E-state index in [2.05, 4.69) is 25.3 Å². The van der Waals surface area contributed by atoms with Gasteiger partial charge in [-0.25, -0.2) is 14.6 Å². The minimum atomic E-state index is -0.104. The Morgan fingerprint density at radius 3 is 2.34 bits per heavy atom. The molecule has 9 heteroatoms. The van der Waals surface area contributed by atoms with Crippen molar-refractivity contribution in [1.29, 1.82) is 0 Å². The maximum atomic E-state index is 12.4. The van der Waals surface area contributed by atoms with Crippen molar-refractivity contribution in [1.82, 2.24) is 39.3 Å². The lowest BCUT2D eigenvalue weighted by Crippen LogP contribution is -2.16. The molecule has 32 heavy (non-hydrogen) atoms. The van der Waals surface area contributed by atoms with Gasteiger partial charge in [0.25, 0.3) is 0 Å². The smallest absolute Gasteiger partial charge is 0.203 e. The van der Waals surface area contributed by atoms with E-state index in [9.17, 15) is 4.79 Å². The van der Waals surface area contributed by atoms with E-state index in [0.717, 1.165) is 27.9 Å². The summed E-state index contributed by atoms with van der Waals surface area (Å²) in [5.41, 5.74) is 4.86. The molecule has 0 saturated heterocycles. The first kappa shape index (κ1) is 19.6. The van der Waals surface area contributed by atoms with Crippen LogP contribution < -0.4 is 5.43 Å². The summed E-state index contributed by atoms with van der Waals surface area (Å²) in [5, 5.41) is 12.9. The average Bonchev–Trinajstić information content (AvgIpc) is 3.44. The van der Waals surface area contributed by atoms with Crippen LogP contribution in [0.4, 0.5) is 0 Å². The molecule has 0 bridgehead atoms. The van der Waals surface area contributed by atoms with Crippen molar-refractivity contribution < 1.29 is 0 Å². The van der Waals surface area contributed by atoms with Gasteiger partial charge in [0.1, 0.15) is 11.4 Å². The Morgan fingerprint density at radius 2 is 1.62 bits per heavy atom. The zero-order valence-electron chi connectivity index (χ0n) is 17.6. The van der Waals surface area contributed by atoms with Crippen LogP contribution in [0, 0.1) is 0 Å². The molecule has 5 rings (SSSR count). The van der Waals surface area contributed by atoms with Gasteiger partial charge in [-0.05, 0) is 11.6 Å². The summed E-state index contributed by atoms with van der Waals surface area (Å²) in [7, 11) is 3.71. The number of nitrogens with zero attached hydrogens (tertiary/aromatic N) is 8. The van der Waals surface area contributed by atoms with Gasteiger partial charge in [-0.1, -0.05) is 18.2 Å². The highest BCUT2D eigenvalue weighted by Crippen LogP contribution is 2.21. The second-order valence-electron chi connectivity index (χ2n) is 7.52. The quantitative estimate of drug-likeness (QED) is 0.430. The number of aryl methyl sites for hydroxylation is 2. The van der Waals surface area contributed by atoms with Crippen molar-refractivity contribution in [2.45, 2.75) is 6.42 Å². The van der Waals surface area contributed by atoms with Crippen LogP contribution in [0.15, 0.2) is 78.5 Å². The Bertz CT molecular complexity index is 1450. The molecular weight excluding hydrogens is 404 g/mol. The molecule has 158 valence electrons. The van der Waals surface area contributed by atoms with E-state index in [1.54, 1.807) is 45.0 Å². The standard InChI is InChI=1S/C23H20N8O/c1-29-14-19(12-26-29)18-10-24-23(25-11-18)17-5-3-4-16(8-17)9-21-22(32)6-7-31(28-21)20-13-27-30(2)15-20/h3-8,10-15H,9H2,1-2H3. The fourth-order valence-corrected chi connectivity index (χ4v) is 3.45. The van der Waals surface area contributed by atoms with Crippen LogP contribution in [-0.2, 0) is 20.5 Å². The molecule has 0 N–H and O–H groups in total. The molecule has 1 aromatic carbocycles. The molecule has 5 aromatic rings. The molecule has 4 heterocycles. The maximum Gasteiger partial charge on any atom is 0.203 e. The van der Waals surface area contributed by atoms with E-state index in [4.69, 9.17) is 0 Å². The van der Waals surface area contributed by atoms with Gasteiger partial charge in [0.2, 0.25) is 5.43 Å². The highest BCUT2D eigenvalue weighted by molar-refractivity contribution is 5.62. The summed E-state index contributed by atoms with van der Waals surface area (Å²) in [6.45, 7) is 0. The van der Waals surface area contributed by atoms with Crippen molar-refractivity contribution in [3.8, 4) is 28.2 Å². The van der Waals surface area contributed by atoms with Crippen LogP contribution in [0.1, 0.15) is 11.3 Å². The molecule has 0 aliphatic heterocycles. The third kappa shape index (κ3) is 3.95.